The van der Waals surface area contributed by atoms with Crippen LogP contribution in [0.5, 0.6) is 0 Å². The Morgan fingerprint density at radius 3 is 2.63 bits per heavy atom. The predicted molar refractivity (Wildman–Crippen MR) is 102 cm³/mol. The molecule has 0 fully saturated rings. The molecule has 1 aromatic heterocycles. The van der Waals surface area contributed by atoms with E-state index in [0.717, 1.165) is 11.3 Å². The van der Waals surface area contributed by atoms with Crippen LogP contribution < -0.4 is 10.6 Å². The molecule has 0 bridgehead atoms. The Hall–Kier alpha value is -3.68. The van der Waals surface area contributed by atoms with Crippen molar-refractivity contribution in [2.24, 2.45) is 0 Å². The number of carbonyl (C=O) groups excluding carboxylic acids is 1. The van der Waals surface area contributed by atoms with Crippen LogP contribution in [0.15, 0.2) is 60.9 Å². The van der Waals surface area contributed by atoms with Crippen LogP contribution in [0.4, 0.5) is 11.4 Å². The van der Waals surface area contributed by atoms with Gasteiger partial charge in [0, 0.05) is 43.8 Å². The zero-order valence-corrected chi connectivity index (χ0v) is 14.8. The molecule has 0 saturated carbocycles. The van der Waals surface area contributed by atoms with E-state index in [1.807, 2.05) is 36.5 Å². The number of rotatable bonds is 7. The molecule has 3 aromatic rings. The number of nitrogens with one attached hydrogen (secondary N) is 2. The van der Waals surface area contributed by atoms with Crippen molar-refractivity contribution in [1.82, 2.24) is 15.1 Å². The minimum absolute atomic E-state index is 0.117. The van der Waals surface area contributed by atoms with Crippen molar-refractivity contribution in [3.8, 4) is 5.69 Å². The third kappa shape index (κ3) is 4.30. The Kier molecular flexibility index (Phi) is 5.46. The van der Waals surface area contributed by atoms with Crippen molar-refractivity contribution in [2.45, 2.75) is 6.42 Å². The van der Waals surface area contributed by atoms with Crippen LogP contribution in [-0.2, 0) is 6.42 Å². The molecule has 8 nitrogen and oxygen atoms in total. The molecule has 0 aliphatic rings. The van der Waals surface area contributed by atoms with Gasteiger partial charge in [0.15, 0.2) is 0 Å². The van der Waals surface area contributed by atoms with E-state index in [1.165, 1.54) is 18.2 Å². The van der Waals surface area contributed by atoms with Crippen molar-refractivity contribution in [3.63, 3.8) is 0 Å². The third-order valence-corrected chi connectivity index (χ3v) is 4.13. The summed E-state index contributed by atoms with van der Waals surface area (Å²) < 4.78 is 1.77. The van der Waals surface area contributed by atoms with Gasteiger partial charge in [0.05, 0.1) is 16.2 Å². The zero-order valence-electron chi connectivity index (χ0n) is 14.8. The predicted octanol–water partition coefficient (Wildman–Crippen LogP) is 2.79. The van der Waals surface area contributed by atoms with Crippen LogP contribution in [-0.4, -0.2) is 34.2 Å². The molecule has 2 aromatic carbocycles. The summed E-state index contributed by atoms with van der Waals surface area (Å²) in [5.74, 6) is -0.351. The number of nitrogens with zero attached hydrogens (tertiary/aromatic N) is 3. The summed E-state index contributed by atoms with van der Waals surface area (Å²) in [6.07, 6.45) is 4.24. The molecule has 0 atom stereocenters. The number of aromatic nitrogens is 2. The molecule has 0 aliphatic carbocycles. The summed E-state index contributed by atoms with van der Waals surface area (Å²) >= 11 is 0. The number of benzene rings is 2. The summed E-state index contributed by atoms with van der Waals surface area (Å²) in [5, 5.41) is 20.8. The number of anilines is 1. The molecule has 1 amide bonds. The number of amides is 1. The molecule has 1 heterocycles. The summed E-state index contributed by atoms with van der Waals surface area (Å²) in [4.78, 5) is 22.8. The lowest BCUT2D eigenvalue weighted by atomic mass is 10.1. The van der Waals surface area contributed by atoms with Crippen molar-refractivity contribution in [1.29, 1.82) is 0 Å². The lowest BCUT2D eigenvalue weighted by Crippen LogP contribution is -2.26. The number of nitro benzene ring substituents is 1. The molecular formula is C19H19N5O3. The second-order valence-corrected chi connectivity index (χ2v) is 5.86. The van der Waals surface area contributed by atoms with Crippen molar-refractivity contribution in [2.75, 3.05) is 18.9 Å². The normalized spacial score (nSPS) is 10.4. The Bertz CT molecular complexity index is 936. The molecule has 0 unspecified atom stereocenters. The summed E-state index contributed by atoms with van der Waals surface area (Å²) in [5.41, 5.74) is 2.71. The van der Waals surface area contributed by atoms with Gasteiger partial charge in [-0.15, -0.1) is 0 Å². The van der Waals surface area contributed by atoms with E-state index in [9.17, 15) is 14.9 Å². The first kappa shape index (κ1) is 18.1. The van der Waals surface area contributed by atoms with E-state index in [2.05, 4.69) is 15.7 Å². The van der Waals surface area contributed by atoms with Gasteiger partial charge in [0.25, 0.3) is 11.6 Å². The first-order valence-corrected chi connectivity index (χ1v) is 8.42. The summed E-state index contributed by atoms with van der Waals surface area (Å²) in [7, 11) is 1.67. The molecule has 0 aliphatic heterocycles. The van der Waals surface area contributed by atoms with Crippen LogP contribution in [0.1, 0.15) is 15.9 Å². The fourth-order valence-corrected chi connectivity index (χ4v) is 2.70. The van der Waals surface area contributed by atoms with Gasteiger partial charge in [-0.25, -0.2) is 4.68 Å². The standard InChI is InChI=1S/C19H19N5O3/c1-20-18-8-7-16(24(26)27)13-17(18)19(25)21-11-9-14-3-5-15(6-4-14)23-12-2-10-22-23/h2-8,10,12-13,20H,9,11H2,1H3,(H,21,25). The first-order valence-electron chi connectivity index (χ1n) is 8.42. The quantitative estimate of drug-likeness (QED) is 0.495. The first-order chi connectivity index (χ1) is 13.1. The van der Waals surface area contributed by atoms with E-state index in [4.69, 9.17) is 0 Å². The third-order valence-electron chi connectivity index (χ3n) is 4.13. The van der Waals surface area contributed by atoms with Crippen LogP contribution in [0.25, 0.3) is 5.69 Å². The van der Waals surface area contributed by atoms with Crippen LogP contribution in [0.3, 0.4) is 0 Å². The van der Waals surface area contributed by atoms with Gasteiger partial charge in [-0.1, -0.05) is 12.1 Å². The van der Waals surface area contributed by atoms with E-state index in [1.54, 1.807) is 17.9 Å². The lowest BCUT2D eigenvalue weighted by molar-refractivity contribution is -0.384. The number of hydrogen-bond donors (Lipinski definition) is 2. The second-order valence-electron chi connectivity index (χ2n) is 5.86. The van der Waals surface area contributed by atoms with Crippen molar-refractivity contribution < 1.29 is 9.72 Å². The average molecular weight is 365 g/mol. The van der Waals surface area contributed by atoms with E-state index in [-0.39, 0.29) is 17.2 Å². The summed E-state index contributed by atoms with van der Waals surface area (Å²) in [6.45, 7) is 0.422. The topological polar surface area (TPSA) is 102 Å². The number of carbonyl (C=O) groups is 1. The van der Waals surface area contributed by atoms with Crippen LogP contribution in [0.2, 0.25) is 0 Å². The van der Waals surface area contributed by atoms with E-state index in [0.29, 0.717) is 18.7 Å². The van der Waals surface area contributed by atoms with Gasteiger partial charge >= 0.3 is 0 Å². The molecule has 2 N–H and O–H groups in total. The number of hydrogen-bond acceptors (Lipinski definition) is 5. The van der Waals surface area contributed by atoms with Gasteiger partial charge in [-0.3, -0.25) is 14.9 Å². The SMILES string of the molecule is CNc1ccc([N+](=O)[O-])cc1C(=O)NCCc1ccc(-n2cccn2)cc1. The Balaban J connectivity index is 1.61. The average Bonchev–Trinajstić information content (AvgIpc) is 3.22. The molecule has 0 saturated heterocycles. The molecule has 27 heavy (non-hydrogen) atoms. The largest absolute Gasteiger partial charge is 0.387 e. The van der Waals surface area contributed by atoms with Gasteiger partial charge in [0.1, 0.15) is 0 Å². The Labute approximate surface area is 156 Å². The molecular weight excluding hydrogens is 346 g/mol. The smallest absolute Gasteiger partial charge is 0.270 e. The van der Waals surface area contributed by atoms with E-state index >= 15 is 0 Å². The molecule has 3 rings (SSSR count). The maximum Gasteiger partial charge on any atom is 0.270 e. The van der Waals surface area contributed by atoms with Gasteiger partial charge < -0.3 is 10.6 Å². The molecule has 8 heteroatoms. The molecule has 0 spiro atoms. The molecule has 138 valence electrons. The van der Waals surface area contributed by atoms with Gasteiger partial charge in [-0.05, 0) is 36.2 Å². The highest BCUT2D eigenvalue weighted by Crippen LogP contribution is 2.21. The van der Waals surface area contributed by atoms with Gasteiger partial charge in [-0.2, -0.15) is 5.10 Å². The van der Waals surface area contributed by atoms with Crippen molar-refractivity contribution in [3.05, 3.63) is 82.2 Å². The fourth-order valence-electron chi connectivity index (χ4n) is 2.70. The van der Waals surface area contributed by atoms with Crippen LogP contribution >= 0.6 is 0 Å². The Morgan fingerprint density at radius 1 is 1.22 bits per heavy atom. The zero-order chi connectivity index (χ0) is 19.2. The summed E-state index contributed by atoms with van der Waals surface area (Å²) in [6, 6.07) is 13.9. The minimum atomic E-state index is -0.516. The highest BCUT2D eigenvalue weighted by molar-refractivity contribution is 6.00. The van der Waals surface area contributed by atoms with Gasteiger partial charge in [0.2, 0.25) is 0 Å². The molecule has 0 radical (unpaired) electrons. The highest BCUT2D eigenvalue weighted by Gasteiger charge is 2.15. The highest BCUT2D eigenvalue weighted by atomic mass is 16.6. The number of non-ortho nitro benzene ring substituents is 1. The maximum absolute atomic E-state index is 12.4. The lowest BCUT2D eigenvalue weighted by Gasteiger charge is -2.10. The fraction of sp³-hybridized carbons (Fsp3) is 0.158. The van der Waals surface area contributed by atoms with Crippen LogP contribution in [0, 0.1) is 10.1 Å². The second kappa shape index (κ2) is 8.13. The van der Waals surface area contributed by atoms with E-state index < -0.39 is 4.92 Å². The minimum Gasteiger partial charge on any atom is -0.387 e. The monoisotopic (exact) mass is 365 g/mol. The van der Waals surface area contributed by atoms with Crippen molar-refractivity contribution >= 4 is 17.3 Å². The maximum atomic E-state index is 12.4. The number of nitro groups is 1. The Morgan fingerprint density at radius 2 is 2.00 bits per heavy atom.